The number of furan rings is 1. The maximum absolute atomic E-state index is 11.8. The summed E-state index contributed by atoms with van der Waals surface area (Å²) in [6, 6.07) is 2.78. The van der Waals surface area contributed by atoms with Gasteiger partial charge in [0.1, 0.15) is 16.8 Å². The molecule has 0 aromatic carbocycles. The van der Waals surface area contributed by atoms with Crippen molar-refractivity contribution in [1.82, 2.24) is 15.3 Å². The van der Waals surface area contributed by atoms with E-state index in [0.29, 0.717) is 32.1 Å². The van der Waals surface area contributed by atoms with Gasteiger partial charge in [0.15, 0.2) is 0 Å². The third-order valence-electron chi connectivity index (χ3n) is 3.71. The van der Waals surface area contributed by atoms with Crippen LogP contribution in [0.3, 0.4) is 0 Å². The number of amides is 1. The Morgan fingerprint density at radius 2 is 2.13 bits per heavy atom. The summed E-state index contributed by atoms with van der Waals surface area (Å²) >= 11 is 0. The number of nitrogens with zero attached hydrogens (tertiary/aromatic N) is 3. The summed E-state index contributed by atoms with van der Waals surface area (Å²) < 4.78 is 15.6. The molecular formula is C13H18N4O6. The van der Waals surface area contributed by atoms with Gasteiger partial charge >= 0.3 is 12.0 Å². The van der Waals surface area contributed by atoms with Crippen molar-refractivity contribution in [3.8, 4) is 0 Å². The predicted molar refractivity (Wildman–Crippen MR) is 76.4 cm³/mol. The highest BCUT2D eigenvalue weighted by Crippen LogP contribution is 2.16. The molecule has 1 aromatic rings. The summed E-state index contributed by atoms with van der Waals surface area (Å²) in [4.78, 5) is 24.0. The predicted octanol–water partition coefficient (Wildman–Crippen LogP) is 0.345. The minimum absolute atomic E-state index is 0.174. The number of nitrogens with one attached hydrogen (secondary N) is 1. The summed E-state index contributed by atoms with van der Waals surface area (Å²) in [5.74, 6) is 0.0529. The summed E-state index contributed by atoms with van der Waals surface area (Å²) in [7, 11) is 0. The van der Waals surface area contributed by atoms with Gasteiger partial charge in [-0.15, -0.1) is 0 Å². The fourth-order valence-corrected chi connectivity index (χ4v) is 2.55. The molecule has 1 atom stereocenters. The van der Waals surface area contributed by atoms with E-state index in [-0.39, 0.29) is 18.5 Å². The molecule has 126 valence electrons. The standard InChI is InChI=1S/C13H18N4O6/c18-13-16(14-7-10-1-2-12(22-10)17(19)20)9-11(23-13)8-15-3-5-21-6-4-15/h1-2,11,14H,3-9H2. The Morgan fingerprint density at radius 3 is 2.83 bits per heavy atom. The van der Waals surface area contributed by atoms with E-state index in [9.17, 15) is 14.9 Å². The minimum atomic E-state index is -0.605. The third kappa shape index (κ3) is 3.97. The highest BCUT2D eigenvalue weighted by molar-refractivity contribution is 5.69. The van der Waals surface area contributed by atoms with Crippen LogP contribution in [-0.4, -0.2) is 66.4 Å². The van der Waals surface area contributed by atoms with Crippen molar-refractivity contribution in [2.75, 3.05) is 39.4 Å². The molecule has 2 saturated heterocycles. The number of cyclic esters (lactones) is 1. The Hall–Kier alpha value is -2.17. The molecule has 0 radical (unpaired) electrons. The van der Waals surface area contributed by atoms with E-state index in [1.165, 1.54) is 17.1 Å². The minimum Gasteiger partial charge on any atom is -0.442 e. The zero-order valence-corrected chi connectivity index (χ0v) is 12.5. The van der Waals surface area contributed by atoms with E-state index < -0.39 is 11.0 Å². The van der Waals surface area contributed by atoms with Crippen LogP contribution in [-0.2, 0) is 16.0 Å². The van der Waals surface area contributed by atoms with Gasteiger partial charge in [-0.1, -0.05) is 0 Å². The van der Waals surface area contributed by atoms with Crippen molar-refractivity contribution in [1.29, 1.82) is 0 Å². The SMILES string of the molecule is O=C1OC(CN2CCOCC2)CN1NCc1ccc([N+](=O)[O-])o1. The van der Waals surface area contributed by atoms with Crippen LogP contribution in [0.25, 0.3) is 0 Å². The molecule has 10 heteroatoms. The first kappa shape index (κ1) is 15.7. The maximum Gasteiger partial charge on any atom is 0.433 e. The molecule has 0 bridgehead atoms. The summed E-state index contributed by atoms with van der Waals surface area (Å²) in [6.07, 6.45) is -0.664. The molecule has 1 aromatic heterocycles. The van der Waals surface area contributed by atoms with E-state index >= 15 is 0 Å². The lowest BCUT2D eigenvalue weighted by Gasteiger charge is -2.27. The number of rotatable bonds is 6. The normalized spacial score (nSPS) is 22.3. The average molecular weight is 326 g/mol. The van der Waals surface area contributed by atoms with Gasteiger partial charge in [-0.05, 0) is 6.07 Å². The quantitative estimate of drug-likeness (QED) is 0.589. The van der Waals surface area contributed by atoms with Crippen molar-refractivity contribution in [2.45, 2.75) is 12.6 Å². The van der Waals surface area contributed by atoms with Crippen LogP contribution in [0.1, 0.15) is 5.76 Å². The molecule has 1 N–H and O–H groups in total. The Labute approximate surface area is 132 Å². The van der Waals surface area contributed by atoms with Gasteiger partial charge in [-0.3, -0.25) is 15.0 Å². The lowest BCUT2D eigenvalue weighted by Crippen LogP contribution is -2.43. The summed E-state index contributed by atoms with van der Waals surface area (Å²) in [6.45, 7) is 4.31. The van der Waals surface area contributed by atoms with Crippen LogP contribution in [0, 0.1) is 10.1 Å². The molecule has 2 aliphatic heterocycles. The number of morpholine rings is 1. The van der Waals surface area contributed by atoms with Crippen molar-refractivity contribution < 1.29 is 23.6 Å². The van der Waals surface area contributed by atoms with Crippen molar-refractivity contribution >= 4 is 12.0 Å². The topological polar surface area (TPSA) is 110 Å². The van der Waals surface area contributed by atoms with Crippen LogP contribution < -0.4 is 5.43 Å². The van der Waals surface area contributed by atoms with Gasteiger partial charge in [-0.2, -0.15) is 0 Å². The van der Waals surface area contributed by atoms with E-state index in [4.69, 9.17) is 13.9 Å². The van der Waals surface area contributed by atoms with Crippen LogP contribution in [0.15, 0.2) is 16.5 Å². The number of hydrogen-bond acceptors (Lipinski definition) is 8. The molecule has 1 amide bonds. The first-order valence-corrected chi connectivity index (χ1v) is 7.36. The molecular weight excluding hydrogens is 308 g/mol. The Balaban J connectivity index is 1.46. The molecule has 10 nitrogen and oxygen atoms in total. The maximum atomic E-state index is 11.8. The molecule has 1 unspecified atom stereocenters. The highest BCUT2D eigenvalue weighted by Gasteiger charge is 2.33. The van der Waals surface area contributed by atoms with Gasteiger partial charge < -0.3 is 13.9 Å². The largest absolute Gasteiger partial charge is 0.442 e. The summed E-state index contributed by atoms with van der Waals surface area (Å²) in [5.41, 5.74) is 2.87. The number of carbonyl (C=O) groups excluding carboxylic acids is 1. The smallest absolute Gasteiger partial charge is 0.433 e. The highest BCUT2D eigenvalue weighted by atomic mass is 16.6. The molecule has 23 heavy (non-hydrogen) atoms. The number of hydrogen-bond donors (Lipinski definition) is 1. The van der Waals surface area contributed by atoms with Gasteiger partial charge in [-0.25, -0.2) is 15.2 Å². The van der Waals surface area contributed by atoms with E-state index in [1.54, 1.807) is 0 Å². The number of nitro groups is 1. The average Bonchev–Trinajstić information content (AvgIpc) is 3.13. The van der Waals surface area contributed by atoms with E-state index in [2.05, 4.69) is 10.3 Å². The molecule has 0 spiro atoms. The second-order valence-corrected chi connectivity index (χ2v) is 5.36. The molecule has 3 heterocycles. The zero-order chi connectivity index (χ0) is 16.2. The van der Waals surface area contributed by atoms with Gasteiger partial charge in [0.2, 0.25) is 0 Å². The van der Waals surface area contributed by atoms with E-state index in [0.717, 1.165) is 13.1 Å². The van der Waals surface area contributed by atoms with Crippen molar-refractivity contribution in [2.24, 2.45) is 0 Å². The Morgan fingerprint density at radius 1 is 1.35 bits per heavy atom. The molecule has 2 fully saturated rings. The third-order valence-corrected chi connectivity index (χ3v) is 3.71. The van der Waals surface area contributed by atoms with Crippen LogP contribution in [0.2, 0.25) is 0 Å². The van der Waals surface area contributed by atoms with Gasteiger partial charge in [0, 0.05) is 19.6 Å². The van der Waals surface area contributed by atoms with Crippen molar-refractivity contribution in [3.05, 3.63) is 28.0 Å². The summed E-state index contributed by atoms with van der Waals surface area (Å²) in [5, 5.41) is 11.9. The number of carbonyl (C=O) groups is 1. The van der Waals surface area contributed by atoms with Crippen LogP contribution in [0.4, 0.5) is 10.7 Å². The molecule has 2 aliphatic rings. The second kappa shape index (κ2) is 6.94. The number of hydrazine groups is 1. The fraction of sp³-hybridized carbons (Fsp3) is 0.615. The zero-order valence-electron chi connectivity index (χ0n) is 12.5. The molecule has 0 saturated carbocycles. The lowest BCUT2D eigenvalue weighted by molar-refractivity contribution is -0.402. The Bertz CT molecular complexity index is 571. The Kier molecular flexibility index (Phi) is 4.74. The number of ether oxygens (including phenoxy) is 2. The molecule has 0 aliphatic carbocycles. The second-order valence-electron chi connectivity index (χ2n) is 5.36. The fourth-order valence-electron chi connectivity index (χ4n) is 2.55. The van der Waals surface area contributed by atoms with E-state index in [1.807, 2.05) is 0 Å². The van der Waals surface area contributed by atoms with Gasteiger partial charge in [0.25, 0.3) is 0 Å². The first-order chi connectivity index (χ1) is 11.1. The lowest BCUT2D eigenvalue weighted by atomic mass is 10.3. The van der Waals surface area contributed by atoms with Crippen molar-refractivity contribution in [3.63, 3.8) is 0 Å². The van der Waals surface area contributed by atoms with Crippen LogP contribution >= 0.6 is 0 Å². The monoisotopic (exact) mass is 326 g/mol. The van der Waals surface area contributed by atoms with Gasteiger partial charge in [0.05, 0.1) is 32.4 Å². The molecule has 3 rings (SSSR count). The first-order valence-electron chi connectivity index (χ1n) is 7.36. The van der Waals surface area contributed by atoms with Crippen LogP contribution in [0.5, 0.6) is 0 Å².